The molecular formula is C11H15NO. The molecule has 0 spiro atoms. The van der Waals surface area contributed by atoms with E-state index >= 15 is 0 Å². The quantitative estimate of drug-likeness (QED) is 0.372. The van der Waals surface area contributed by atoms with E-state index in [1.165, 1.54) is 12.0 Å². The lowest BCUT2D eigenvalue weighted by molar-refractivity contribution is 0.0287. The van der Waals surface area contributed by atoms with Gasteiger partial charge in [0.15, 0.2) is 0 Å². The third-order valence-electron chi connectivity index (χ3n) is 3.68. The van der Waals surface area contributed by atoms with E-state index < -0.39 is 0 Å². The van der Waals surface area contributed by atoms with Crippen molar-refractivity contribution in [2.45, 2.75) is 20.3 Å². The van der Waals surface area contributed by atoms with E-state index in [4.69, 9.17) is 5.21 Å². The summed E-state index contributed by atoms with van der Waals surface area (Å²) in [6.07, 6.45) is 4.78. The average molecular weight is 177 g/mol. The molecule has 0 aromatic heterocycles. The van der Waals surface area contributed by atoms with Crippen molar-refractivity contribution in [1.82, 2.24) is 0 Å². The zero-order valence-electron chi connectivity index (χ0n) is 8.12. The highest BCUT2D eigenvalue weighted by atomic mass is 16.4. The number of hydrogen-bond acceptors (Lipinski definition) is 2. The Hall–Kier alpha value is -1.05. The third kappa shape index (κ3) is 0.978. The minimum atomic E-state index is 0.308. The van der Waals surface area contributed by atoms with Gasteiger partial charge in [-0.15, -0.1) is 0 Å². The zero-order valence-corrected chi connectivity index (χ0v) is 8.12. The monoisotopic (exact) mass is 177 g/mol. The van der Waals surface area contributed by atoms with Gasteiger partial charge in [-0.25, -0.2) is 0 Å². The normalized spacial score (nSPS) is 35.8. The molecule has 2 unspecified atom stereocenters. The maximum absolute atomic E-state index is 8.51. The predicted octanol–water partition coefficient (Wildman–Crippen LogP) is 2.60. The molecule has 0 aliphatic heterocycles. The van der Waals surface area contributed by atoms with Crippen molar-refractivity contribution >= 4 is 6.21 Å². The fourth-order valence-electron chi connectivity index (χ4n) is 2.73. The molecule has 2 heteroatoms. The van der Waals surface area contributed by atoms with E-state index in [1.807, 2.05) is 0 Å². The SMILES string of the molecule is C=C1C=C(/C=N/O)C2CC1C2(C)C. The van der Waals surface area contributed by atoms with Gasteiger partial charge in [0.2, 0.25) is 0 Å². The van der Waals surface area contributed by atoms with Crippen LogP contribution in [0.2, 0.25) is 0 Å². The molecule has 3 aliphatic rings. The van der Waals surface area contributed by atoms with Gasteiger partial charge in [0.25, 0.3) is 0 Å². The molecule has 3 rings (SSSR count). The van der Waals surface area contributed by atoms with Crippen molar-refractivity contribution in [3.8, 4) is 0 Å². The van der Waals surface area contributed by atoms with Crippen molar-refractivity contribution in [1.29, 1.82) is 0 Å². The number of rotatable bonds is 1. The second-order valence-electron chi connectivity index (χ2n) is 4.63. The summed E-state index contributed by atoms with van der Waals surface area (Å²) in [5.74, 6) is 1.19. The van der Waals surface area contributed by atoms with E-state index in [2.05, 4.69) is 31.7 Å². The second kappa shape index (κ2) is 2.47. The van der Waals surface area contributed by atoms with Crippen LogP contribution in [-0.4, -0.2) is 11.4 Å². The van der Waals surface area contributed by atoms with Crippen LogP contribution >= 0.6 is 0 Å². The Bertz CT molecular complexity index is 312. The first kappa shape index (κ1) is 8.54. The topological polar surface area (TPSA) is 32.6 Å². The first-order valence-corrected chi connectivity index (χ1v) is 4.65. The van der Waals surface area contributed by atoms with Crippen molar-refractivity contribution in [2.75, 3.05) is 0 Å². The van der Waals surface area contributed by atoms with E-state index in [0.717, 1.165) is 5.57 Å². The molecule has 0 saturated heterocycles. The Morgan fingerprint density at radius 1 is 1.62 bits per heavy atom. The number of fused-ring (bicyclic) bond motifs is 1. The lowest BCUT2D eigenvalue weighted by Crippen LogP contribution is -2.49. The largest absolute Gasteiger partial charge is 0.411 e. The van der Waals surface area contributed by atoms with Gasteiger partial charge in [-0.2, -0.15) is 0 Å². The van der Waals surface area contributed by atoms with Gasteiger partial charge in [0.1, 0.15) is 0 Å². The van der Waals surface area contributed by atoms with E-state index in [-0.39, 0.29) is 0 Å². The summed E-state index contributed by atoms with van der Waals surface area (Å²) >= 11 is 0. The van der Waals surface area contributed by atoms with Crippen LogP contribution < -0.4 is 0 Å². The highest BCUT2D eigenvalue weighted by Gasteiger charge is 2.52. The van der Waals surface area contributed by atoms with Gasteiger partial charge in [0, 0.05) is 0 Å². The molecule has 1 N–H and O–H groups in total. The van der Waals surface area contributed by atoms with Gasteiger partial charge in [-0.1, -0.05) is 37.2 Å². The second-order valence-corrected chi connectivity index (χ2v) is 4.63. The number of hydrogen-bond donors (Lipinski definition) is 1. The zero-order chi connectivity index (χ0) is 9.64. The maximum Gasteiger partial charge on any atom is 0.0696 e. The molecule has 0 amide bonds. The van der Waals surface area contributed by atoms with Crippen molar-refractivity contribution in [3.05, 3.63) is 23.8 Å². The van der Waals surface area contributed by atoms with Gasteiger partial charge in [-0.3, -0.25) is 0 Å². The lowest BCUT2D eigenvalue weighted by atomic mass is 9.48. The Labute approximate surface area is 78.6 Å². The molecule has 3 aliphatic carbocycles. The van der Waals surface area contributed by atoms with Gasteiger partial charge >= 0.3 is 0 Å². The van der Waals surface area contributed by atoms with E-state index in [9.17, 15) is 0 Å². The first-order chi connectivity index (χ1) is 6.07. The minimum Gasteiger partial charge on any atom is -0.411 e. The molecule has 0 radical (unpaired) electrons. The molecule has 0 aromatic carbocycles. The Kier molecular flexibility index (Phi) is 1.62. The summed E-state index contributed by atoms with van der Waals surface area (Å²) in [5.41, 5.74) is 2.62. The number of allylic oxidation sites excluding steroid dienone is 3. The average Bonchev–Trinajstić information content (AvgIpc) is 2.03. The molecule has 70 valence electrons. The van der Waals surface area contributed by atoms with Crippen LogP contribution in [0.25, 0.3) is 0 Å². The van der Waals surface area contributed by atoms with Crippen LogP contribution in [0.4, 0.5) is 0 Å². The molecule has 13 heavy (non-hydrogen) atoms. The molecule has 0 heterocycles. The van der Waals surface area contributed by atoms with Gasteiger partial charge < -0.3 is 5.21 Å². The summed E-state index contributed by atoms with van der Waals surface area (Å²) < 4.78 is 0. The predicted molar refractivity (Wildman–Crippen MR) is 52.9 cm³/mol. The van der Waals surface area contributed by atoms with Crippen LogP contribution in [0.15, 0.2) is 29.0 Å². The van der Waals surface area contributed by atoms with Crippen molar-refractivity contribution < 1.29 is 5.21 Å². The van der Waals surface area contributed by atoms with E-state index in [0.29, 0.717) is 17.3 Å². The number of oxime groups is 1. The van der Waals surface area contributed by atoms with Crippen molar-refractivity contribution in [3.63, 3.8) is 0 Å². The van der Waals surface area contributed by atoms with Crippen LogP contribution in [0, 0.1) is 17.3 Å². The summed E-state index contributed by atoms with van der Waals surface area (Å²) in [4.78, 5) is 0. The highest BCUT2D eigenvalue weighted by molar-refractivity contribution is 5.81. The fraction of sp³-hybridized carbons (Fsp3) is 0.545. The summed E-state index contributed by atoms with van der Waals surface area (Å²) in [5, 5.41) is 11.6. The molecule has 2 bridgehead atoms. The van der Waals surface area contributed by atoms with Crippen LogP contribution in [-0.2, 0) is 0 Å². The smallest absolute Gasteiger partial charge is 0.0696 e. The van der Waals surface area contributed by atoms with Crippen LogP contribution in [0.5, 0.6) is 0 Å². The maximum atomic E-state index is 8.51. The van der Waals surface area contributed by atoms with Crippen molar-refractivity contribution in [2.24, 2.45) is 22.4 Å². The third-order valence-corrected chi connectivity index (χ3v) is 3.68. The van der Waals surface area contributed by atoms with Crippen LogP contribution in [0.1, 0.15) is 20.3 Å². The van der Waals surface area contributed by atoms with Crippen LogP contribution in [0.3, 0.4) is 0 Å². The minimum absolute atomic E-state index is 0.308. The Morgan fingerprint density at radius 3 is 2.77 bits per heavy atom. The molecule has 1 fully saturated rings. The van der Waals surface area contributed by atoms with E-state index in [1.54, 1.807) is 6.21 Å². The van der Waals surface area contributed by atoms with Gasteiger partial charge in [0.05, 0.1) is 6.21 Å². The lowest BCUT2D eigenvalue weighted by Gasteiger charge is -2.56. The highest BCUT2D eigenvalue weighted by Crippen LogP contribution is 2.60. The first-order valence-electron chi connectivity index (χ1n) is 4.65. The molecular weight excluding hydrogens is 162 g/mol. The Balaban J connectivity index is 2.36. The molecule has 2 atom stereocenters. The standard InChI is InChI=1S/C11H15NO/c1-7-4-8(6-12-13)10-5-9(7)11(10,2)3/h4,6,9-10,13H,1,5H2,2-3H3/b12-6+. The molecule has 2 nitrogen and oxygen atoms in total. The molecule has 1 saturated carbocycles. The molecule has 0 aromatic rings. The summed E-state index contributed by atoms with van der Waals surface area (Å²) in [7, 11) is 0. The number of nitrogens with zero attached hydrogens (tertiary/aromatic N) is 1. The summed E-state index contributed by atoms with van der Waals surface area (Å²) in [6, 6.07) is 0. The fourth-order valence-corrected chi connectivity index (χ4v) is 2.73. The summed E-state index contributed by atoms with van der Waals surface area (Å²) in [6.45, 7) is 8.56. The Morgan fingerprint density at radius 2 is 2.31 bits per heavy atom. The van der Waals surface area contributed by atoms with Gasteiger partial charge in [-0.05, 0) is 29.2 Å².